The minimum atomic E-state index is 0. The molecule has 112 valence electrons. The van der Waals surface area contributed by atoms with Crippen molar-refractivity contribution in [1.82, 2.24) is 5.32 Å². The number of carbonyl (C=O) groups is 1. The van der Waals surface area contributed by atoms with Gasteiger partial charge in [0.25, 0.3) is 0 Å². The molecule has 2 rings (SSSR count). The predicted octanol–water partition coefficient (Wildman–Crippen LogP) is 2.91. The lowest BCUT2D eigenvalue weighted by atomic mass is 10.2. The molecule has 0 radical (unpaired) electrons. The van der Waals surface area contributed by atoms with E-state index in [1.165, 1.54) is 0 Å². The molecule has 0 aliphatic carbocycles. The number of ether oxygens (including phenoxy) is 1. The van der Waals surface area contributed by atoms with Gasteiger partial charge in [-0.15, -0.1) is 12.4 Å². The number of methoxy groups -OCH3 is 1. The summed E-state index contributed by atoms with van der Waals surface area (Å²) in [6.45, 7) is 0.978. The molecule has 0 aromatic heterocycles. The summed E-state index contributed by atoms with van der Waals surface area (Å²) >= 11 is 5.31. The molecule has 20 heavy (non-hydrogen) atoms. The lowest BCUT2D eigenvalue weighted by Crippen LogP contribution is -2.39. The summed E-state index contributed by atoms with van der Waals surface area (Å²) in [6, 6.07) is 5.79. The molecule has 1 fully saturated rings. The molecule has 0 spiro atoms. The first kappa shape index (κ1) is 17.6. The Bertz CT molecular complexity index is 456. The molecule has 1 saturated heterocycles. The first-order valence-corrected chi connectivity index (χ1v) is 8.08. The Balaban J connectivity index is 0.00000200. The fraction of sp³-hybridized carbons (Fsp3) is 0.462. The van der Waals surface area contributed by atoms with Crippen molar-refractivity contribution in [2.24, 2.45) is 0 Å². The first-order chi connectivity index (χ1) is 9.19. The summed E-state index contributed by atoms with van der Waals surface area (Å²) < 4.78 is 6.01. The Kier molecular flexibility index (Phi) is 7.72. The van der Waals surface area contributed by atoms with E-state index in [9.17, 15) is 4.79 Å². The van der Waals surface area contributed by atoms with Crippen molar-refractivity contribution < 1.29 is 9.53 Å². The van der Waals surface area contributed by atoms with Gasteiger partial charge in [0.15, 0.2) is 0 Å². The highest BCUT2D eigenvalue weighted by molar-refractivity contribution is 9.10. The van der Waals surface area contributed by atoms with Gasteiger partial charge in [-0.3, -0.25) is 4.79 Å². The number of thioether (sulfide) groups is 1. The van der Waals surface area contributed by atoms with Gasteiger partial charge >= 0.3 is 0 Å². The highest BCUT2D eigenvalue weighted by Gasteiger charge is 2.17. The standard InChI is InChI=1S/C13H17BrN2O2S.ClH/c1-18-10-2-3-11(14)12(7-10)16-13(17)6-9-8-19-5-4-15-9;/h2-3,7,9,15H,4-6,8H2,1H3,(H,16,17);1H. The van der Waals surface area contributed by atoms with E-state index >= 15 is 0 Å². The molecule has 1 heterocycles. The molecule has 1 atom stereocenters. The van der Waals surface area contributed by atoms with Gasteiger partial charge < -0.3 is 15.4 Å². The fourth-order valence-electron chi connectivity index (χ4n) is 1.90. The molecule has 0 bridgehead atoms. The second-order valence-electron chi connectivity index (χ2n) is 4.32. The predicted molar refractivity (Wildman–Crippen MR) is 90.3 cm³/mol. The average molecular weight is 382 g/mol. The highest BCUT2D eigenvalue weighted by Crippen LogP contribution is 2.27. The molecule has 2 N–H and O–H groups in total. The fourth-order valence-corrected chi connectivity index (χ4v) is 3.20. The van der Waals surface area contributed by atoms with Crippen molar-refractivity contribution >= 4 is 51.7 Å². The number of hydrogen-bond acceptors (Lipinski definition) is 4. The van der Waals surface area contributed by atoms with Gasteiger partial charge in [-0.05, 0) is 28.1 Å². The average Bonchev–Trinajstić information content (AvgIpc) is 2.42. The van der Waals surface area contributed by atoms with Crippen molar-refractivity contribution in [3.63, 3.8) is 0 Å². The van der Waals surface area contributed by atoms with Gasteiger partial charge in [-0.25, -0.2) is 0 Å². The Labute approximate surface area is 137 Å². The maximum atomic E-state index is 12.0. The van der Waals surface area contributed by atoms with E-state index in [0.29, 0.717) is 6.42 Å². The van der Waals surface area contributed by atoms with Crippen molar-refractivity contribution in [2.45, 2.75) is 12.5 Å². The van der Waals surface area contributed by atoms with Crippen LogP contribution in [0.15, 0.2) is 22.7 Å². The summed E-state index contributed by atoms with van der Waals surface area (Å²) in [6.07, 6.45) is 0.497. The number of halogens is 2. The van der Waals surface area contributed by atoms with Crippen molar-refractivity contribution in [3.05, 3.63) is 22.7 Å². The molecule has 1 amide bonds. The van der Waals surface area contributed by atoms with Crippen LogP contribution in [0, 0.1) is 0 Å². The van der Waals surface area contributed by atoms with Gasteiger partial charge in [0.2, 0.25) is 5.91 Å². The summed E-state index contributed by atoms with van der Waals surface area (Å²) in [7, 11) is 1.61. The van der Waals surface area contributed by atoms with Crippen LogP contribution >= 0.6 is 40.1 Å². The minimum Gasteiger partial charge on any atom is -0.497 e. The first-order valence-electron chi connectivity index (χ1n) is 6.13. The third-order valence-electron chi connectivity index (χ3n) is 2.88. The maximum Gasteiger partial charge on any atom is 0.226 e. The molecular formula is C13H18BrClN2O2S. The van der Waals surface area contributed by atoms with E-state index in [0.717, 1.165) is 34.0 Å². The van der Waals surface area contributed by atoms with Gasteiger partial charge in [-0.2, -0.15) is 11.8 Å². The third-order valence-corrected chi connectivity index (χ3v) is 4.70. The van der Waals surface area contributed by atoms with Crippen LogP contribution in [0.25, 0.3) is 0 Å². The maximum absolute atomic E-state index is 12.0. The van der Waals surface area contributed by atoms with Gasteiger partial charge in [0.05, 0.1) is 12.8 Å². The van der Waals surface area contributed by atoms with E-state index in [2.05, 4.69) is 26.6 Å². The molecule has 7 heteroatoms. The zero-order chi connectivity index (χ0) is 13.7. The SMILES string of the molecule is COc1ccc(Br)c(NC(=O)CC2CSCCN2)c1.Cl. The third kappa shape index (κ3) is 5.16. The van der Waals surface area contributed by atoms with E-state index in [-0.39, 0.29) is 24.4 Å². The zero-order valence-corrected chi connectivity index (χ0v) is 14.4. The van der Waals surface area contributed by atoms with Gasteiger partial charge in [0, 0.05) is 41.1 Å². The van der Waals surface area contributed by atoms with E-state index < -0.39 is 0 Å². The molecular weight excluding hydrogens is 364 g/mol. The van der Waals surface area contributed by atoms with Crippen molar-refractivity contribution in [3.8, 4) is 5.75 Å². The molecule has 1 unspecified atom stereocenters. The van der Waals surface area contributed by atoms with E-state index in [1.807, 2.05) is 30.0 Å². The molecule has 0 saturated carbocycles. The van der Waals surface area contributed by atoms with Crippen LogP contribution in [0.2, 0.25) is 0 Å². The van der Waals surface area contributed by atoms with Crippen LogP contribution in [0.1, 0.15) is 6.42 Å². The number of amides is 1. The number of benzene rings is 1. The van der Waals surface area contributed by atoms with Gasteiger partial charge in [-0.1, -0.05) is 0 Å². The summed E-state index contributed by atoms with van der Waals surface area (Å²) in [5.41, 5.74) is 0.743. The molecule has 1 aromatic carbocycles. The highest BCUT2D eigenvalue weighted by atomic mass is 79.9. The smallest absolute Gasteiger partial charge is 0.226 e. The molecule has 1 aliphatic heterocycles. The Morgan fingerprint density at radius 3 is 3.05 bits per heavy atom. The van der Waals surface area contributed by atoms with Crippen LogP contribution in [0.4, 0.5) is 5.69 Å². The largest absolute Gasteiger partial charge is 0.497 e. The van der Waals surface area contributed by atoms with Crippen LogP contribution in [0.5, 0.6) is 5.75 Å². The minimum absolute atomic E-state index is 0. The molecule has 4 nitrogen and oxygen atoms in total. The number of rotatable bonds is 4. The number of nitrogens with one attached hydrogen (secondary N) is 2. The monoisotopic (exact) mass is 380 g/mol. The quantitative estimate of drug-likeness (QED) is 0.842. The van der Waals surface area contributed by atoms with Crippen molar-refractivity contribution in [1.29, 1.82) is 0 Å². The normalized spacial score (nSPS) is 18.0. The summed E-state index contributed by atoms with van der Waals surface area (Å²) in [5, 5.41) is 6.27. The zero-order valence-electron chi connectivity index (χ0n) is 11.1. The second kappa shape index (κ2) is 8.77. The van der Waals surface area contributed by atoms with E-state index in [1.54, 1.807) is 7.11 Å². The Hall–Kier alpha value is -0.430. The van der Waals surface area contributed by atoms with Crippen LogP contribution in [-0.4, -0.2) is 37.1 Å². The van der Waals surface area contributed by atoms with Crippen LogP contribution in [0.3, 0.4) is 0 Å². The number of hydrogen-bond donors (Lipinski definition) is 2. The number of anilines is 1. The Morgan fingerprint density at radius 1 is 1.60 bits per heavy atom. The van der Waals surface area contributed by atoms with Crippen molar-refractivity contribution in [2.75, 3.05) is 30.5 Å². The molecule has 1 aromatic rings. The molecule has 1 aliphatic rings. The second-order valence-corrected chi connectivity index (χ2v) is 6.33. The lowest BCUT2D eigenvalue weighted by molar-refractivity contribution is -0.116. The van der Waals surface area contributed by atoms with Crippen LogP contribution < -0.4 is 15.4 Å². The lowest BCUT2D eigenvalue weighted by Gasteiger charge is -2.22. The summed E-state index contributed by atoms with van der Waals surface area (Å²) in [5.74, 6) is 2.87. The van der Waals surface area contributed by atoms with Gasteiger partial charge in [0.1, 0.15) is 5.75 Å². The number of carbonyl (C=O) groups excluding carboxylic acids is 1. The Morgan fingerprint density at radius 2 is 2.40 bits per heavy atom. The topological polar surface area (TPSA) is 50.4 Å². The summed E-state index contributed by atoms with van der Waals surface area (Å²) in [4.78, 5) is 12.0. The van der Waals surface area contributed by atoms with E-state index in [4.69, 9.17) is 4.74 Å². The van der Waals surface area contributed by atoms with Crippen LogP contribution in [-0.2, 0) is 4.79 Å².